The molecule has 0 fully saturated rings. The Morgan fingerprint density at radius 1 is 1.64 bits per heavy atom. The molecule has 0 amide bonds. The van der Waals surface area contributed by atoms with Crippen LogP contribution in [-0.2, 0) is 0 Å². The van der Waals surface area contributed by atoms with Crippen LogP contribution >= 0.6 is 15.9 Å². The Balaban J connectivity index is 3.06. The summed E-state index contributed by atoms with van der Waals surface area (Å²) in [4.78, 5) is 4.34. The second-order valence-corrected chi connectivity index (χ2v) is 4.02. The molecule has 0 unspecified atom stereocenters. The summed E-state index contributed by atoms with van der Waals surface area (Å²) in [6.45, 7) is 5.84. The van der Waals surface area contributed by atoms with Gasteiger partial charge in [-0.25, -0.2) is 5.84 Å². The van der Waals surface area contributed by atoms with E-state index < -0.39 is 0 Å². The molecule has 0 saturated heterocycles. The van der Waals surface area contributed by atoms with E-state index in [1.165, 1.54) is 0 Å². The maximum atomic E-state index is 5.39. The smallest absolute Gasteiger partial charge is 0.170 e. The largest absolute Gasteiger partial charge is 0.454 e. The Kier molecular flexibility index (Phi) is 3.71. The van der Waals surface area contributed by atoms with Crippen molar-refractivity contribution < 1.29 is 4.42 Å². The molecule has 1 rings (SSSR count). The zero-order chi connectivity index (χ0) is 10.7. The van der Waals surface area contributed by atoms with Crippen LogP contribution in [0, 0.1) is 6.92 Å². The fourth-order valence-electron chi connectivity index (χ4n) is 1.12. The minimum Gasteiger partial charge on any atom is -0.454 e. The number of aliphatic imine (C=N–C) groups is 1. The van der Waals surface area contributed by atoms with Crippen LogP contribution in [0.15, 0.2) is 20.1 Å². The van der Waals surface area contributed by atoms with Crippen LogP contribution in [0.25, 0.3) is 0 Å². The number of hydrogen-bond donors (Lipinski definition) is 2. The van der Waals surface area contributed by atoms with Crippen LogP contribution in [-0.4, -0.2) is 11.9 Å². The van der Waals surface area contributed by atoms with Gasteiger partial charge in [0.1, 0.15) is 11.6 Å². The number of hydrazine groups is 1. The lowest BCUT2D eigenvalue weighted by atomic mass is 10.2. The first kappa shape index (κ1) is 11.3. The number of amidine groups is 1. The van der Waals surface area contributed by atoms with E-state index in [0.717, 1.165) is 11.3 Å². The van der Waals surface area contributed by atoms with E-state index in [1.807, 2.05) is 26.8 Å². The molecule has 1 aromatic rings. The molecule has 0 aliphatic heterocycles. The van der Waals surface area contributed by atoms with E-state index in [9.17, 15) is 0 Å². The molecular formula is C9H14BrN3O. The molecule has 1 heterocycles. The number of nitrogens with zero attached hydrogens (tertiary/aromatic N) is 1. The lowest BCUT2D eigenvalue weighted by Gasteiger charge is -2.05. The molecule has 4 nitrogen and oxygen atoms in total. The van der Waals surface area contributed by atoms with Crippen molar-refractivity contribution in [2.75, 3.05) is 0 Å². The van der Waals surface area contributed by atoms with Crippen LogP contribution in [0.2, 0.25) is 0 Å². The van der Waals surface area contributed by atoms with Crippen molar-refractivity contribution in [1.82, 2.24) is 5.43 Å². The standard InChI is InChI=1S/C9H14BrN3O/c1-5(2)12-9(13-11)7-4-8(10)14-6(7)3/h4-5H,11H2,1-3H3,(H,12,13). The van der Waals surface area contributed by atoms with Crippen LogP contribution in [0.1, 0.15) is 25.2 Å². The Hall–Kier alpha value is -0.810. The summed E-state index contributed by atoms with van der Waals surface area (Å²) in [5.41, 5.74) is 3.46. The zero-order valence-electron chi connectivity index (χ0n) is 8.47. The normalized spacial score (nSPS) is 12.3. The molecule has 14 heavy (non-hydrogen) atoms. The molecule has 0 aliphatic rings. The van der Waals surface area contributed by atoms with E-state index >= 15 is 0 Å². The average molecular weight is 260 g/mol. The summed E-state index contributed by atoms with van der Waals surface area (Å²) < 4.78 is 6.00. The quantitative estimate of drug-likeness (QED) is 0.370. The highest BCUT2D eigenvalue weighted by atomic mass is 79.9. The van der Waals surface area contributed by atoms with Gasteiger partial charge in [0.2, 0.25) is 0 Å². The Labute approximate surface area is 91.7 Å². The summed E-state index contributed by atoms with van der Waals surface area (Å²) in [6, 6.07) is 2.03. The van der Waals surface area contributed by atoms with Gasteiger partial charge in [-0.15, -0.1) is 0 Å². The highest BCUT2D eigenvalue weighted by Crippen LogP contribution is 2.19. The maximum absolute atomic E-state index is 5.39. The molecule has 0 spiro atoms. The van der Waals surface area contributed by atoms with Crippen molar-refractivity contribution in [3.05, 3.63) is 22.1 Å². The lowest BCUT2D eigenvalue weighted by Crippen LogP contribution is -2.32. The summed E-state index contributed by atoms with van der Waals surface area (Å²) in [7, 11) is 0. The average Bonchev–Trinajstić information content (AvgIpc) is 2.41. The molecule has 0 aliphatic carbocycles. The van der Waals surface area contributed by atoms with Crippen molar-refractivity contribution in [1.29, 1.82) is 0 Å². The van der Waals surface area contributed by atoms with E-state index in [2.05, 4.69) is 26.3 Å². The number of nitrogens with two attached hydrogens (primary N) is 1. The lowest BCUT2D eigenvalue weighted by molar-refractivity contribution is 0.509. The zero-order valence-corrected chi connectivity index (χ0v) is 10.1. The van der Waals surface area contributed by atoms with Crippen LogP contribution in [0.5, 0.6) is 0 Å². The van der Waals surface area contributed by atoms with Gasteiger partial charge >= 0.3 is 0 Å². The number of nitrogens with one attached hydrogen (secondary N) is 1. The van der Waals surface area contributed by atoms with Gasteiger partial charge in [0.15, 0.2) is 4.67 Å². The Morgan fingerprint density at radius 3 is 2.64 bits per heavy atom. The molecule has 0 bridgehead atoms. The SMILES string of the molecule is Cc1oc(Br)cc1C(=NC(C)C)NN. The van der Waals surface area contributed by atoms with Gasteiger partial charge in [0.25, 0.3) is 0 Å². The Morgan fingerprint density at radius 2 is 2.29 bits per heavy atom. The first-order valence-corrected chi connectivity index (χ1v) is 5.14. The van der Waals surface area contributed by atoms with Crippen molar-refractivity contribution in [2.45, 2.75) is 26.8 Å². The van der Waals surface area contributed by atoms with Crippen molar-refractivity contribution >= 4 is 21.8 Å². The molecule has 5 heteroatoms. The van der Waals surface area contributed by atoms with Gasteiger partial charge in [0.05, 0.1) is 5.56 Å². The van der Waals surface area contributed by atoms with E-state index in [-0.39, 0.29) is 6.04 Å². The maximum Gasteiger partial charge on any atom is 0.170 e. The van der Waals surface area contributed by atoms with E-state index in [0.29, 0.717) is 10.5 Å². The number of furan rings is 1. The van der Waals surface area contributed by atoms with Crippen molar-refractivity contribution in [3.63, 3.8) is 0 Å². The van der Waals surface area contributed by atoms with Crippen LogP contribution in [0.4, 0.5) is 0 Å². The first-order valence-electron chi connectivity index (χ1n) is 4.35. The molecule has 3 N–H and O–H groups in total. The number of halogens is 1. The first-order chi connectivity index (χ1) is 6.54. The second-order valence-electron chi connectivity index (χ2n) is 3.24. The highest BCUT2D eigenvalue weighted by Gasteiger charge is 2.11. The summed E-state index contributed by atoms with van der Waals surface area (Å²) in [5.74, 6) is 6.83. The molecule has 1 aromatic heterocycles. The van der Waals surface area contributed by atoms with Crippen LogP contribution < -0.4 is 11.3 Å². The van der Waals surface area contributed by atoms with Crippen LogP contribution in [0.3, 0.4) is 0 Å². The fourth-order valence-corrected chi connectivity index (χ4v) is 1.60. The number of hydrogen-bond acceptors (Lipinski definition) is 3. The Bertz CT molecular complexity index is 344. The van der Waals surface area contributed by atoms with Gasteiger partial charge in [-0.05, 0) is 36.7 Å². The van der Waals surface area contributed by atoms with E-state index in [1.54, 1.807) is 0 Å². The third-order valence-electron chi connectivity index (χ3n) is 1.67. The molecule has 0 saturated carbocycles. The number of aryl methyl sites for hydroxylation is 1. The summed E-state index contributed by atoms with van der Waals surface area (Å²) in [6.07, 6.45) is 0. The van der Waals surface area contributed by atoms with E-state index in [4.69, 9.17) is 10.3 Å². The third-order valence-corrected chi connectivity index (χ3v) is 2.06. The van der Waals surface area contributed by atoms with Gasteiger partial charge in [-0.2, -0.15) is 0 Å². The molecule has 0 aromatic carbocycles. The van der Waals surface area contributed by atoms with Gasteiger partial charge in [-0.1, -0.05) is 0 Å². The topological polar surface area (TPSA) is 63.5 Å². The van der Waals surface area contributed by atoms with Gasteiger partial charge < -0.3 is 9.84 Å². The molecule has 78 valence electrons. The monoisotopic (exact) mass is 259 g/mol. The third kappa shape index (κ3) is 2.59. The van der Waals surface area contributed by atoms with Gasteiger partial charge in [-0.3, -0.25) is 4.99 Å². The fraction of sp³-hybridized carbons (Fsp3) is 0.444. The molecule has 0 radical (unpaired) electrons. The predicted octanol–water partition coefficient (Wildman–Crippen LogP) is 1.97. The minimum absolute atomic E-state index is 0.189. The van der Waals surface area contributed by atoms with Gasteiger partial charge in [0, 0.05) is 12.1 Å². The molecule has 0 atom stereocenters. The number of rotatable bonds is 2. The second kappa shape index (κ2) is 4.61. The highest BCUT2D eigenvalue weighted by molar-refractivity contribution is 9.10. The molecular weight excluding hydrogens is 246 g/mol. The summed E-state index contributed by atoms with van der Waals surface area (Å²) >= 11 is 3.26. The predicted molar refractivity (Wildman–Crippen MR) is 60.1 cm³/mol. The summed E-state index contributed by atoms with van der Waals surface area (Å²) in [5, 5.41) is 0. The van der Waals surface area contributed by atoms with Crippen molar-refractivity contribution in [2.24, 2.45) is 10.8 Å². The van der Waals surface area contributed by atoms with Crippen molar-refractivity contribution in [3.8, 4) is 0 Å². The minimum atomic E-state index is 0.189.